The Hall–Kier alpha value is -1.17. The van der Waals surface area contributed by atoms with Gasteiger partial charge in [0, 0.05) is 24.6 Å². The van der Waals surface area contributed by atoms with Crippen molar-refractivity contribution >= 4 is 11.3 Å². The smallest absolute Gasteiger partial charge is 0.236 e. The topological polar surface area (TPSA) is 38.5 Å². The van der Waals surface area contributed by atoms with E-state index in [4.69, 9.17) is 14.1 Å². The molecule has 2 aromatic heterocycles. The van der Waals surface area contributed by atoms with Gasteiger partial charge in [0.05, 0.1) is 16.7 Å². The molecule has 2 aromatic rings. The summed E-state index contributed by atoms with van der Waals surface area (Å²) in [5.74, 6) is 1.67. The lowest BCUT2D eigenvalue weighted by atomic mass is 10.2. The summed E-state index contributed by atoms with van der Waals surface area (Å²) in [6, 6.07) is 4.19. The zero-order valence-corrected chi connectivity index (χ0v) is 14.4. The number of nitrogens with zero attached hydrogens (tertiary/aromatic N) is 2. The van der Waals surface area contributed by atoms with Crippen LogP contribution in [0.25, 0.3) is 10.8 Å². The first-order chi connectivity index (χ1) is 10.7. The largest absolute Gasteiger partial charge is 0.440 e. The van der Waals surface area contributed by atoms with E-state index in [1.165, 1.54) is 17.7 Å². The third-order valence-electron chi connectivity index (χ3n) is 4.15. The number of hydrogen-bond donors (Lipinski definition) is 0. The molecule has 0 amide bonds. The van der Waals surface area contributed by atoms with Gasteiger partial charge in [-0.15, -0.1) is 11.3 Å². The molecule has 0 radical (unpaired) electrons. The fourth-order valence-electron chi connectivity index (χ4n) is 2.82. The monoisotopic (exact) mass is 320 g/mol. The molecule has 3 rings (SSSR count). The molecule has 3 heterocycles. The highest BCUT2D eigenvalue weighted by Gasteiger charge is 2.21. The quantitative estimate of drug-likeness (QED) is 0.806. The fraction of sp³-hybridized carbons (Fsp3) is 0.588. The highest BCUT2D eigenvalue weighted by molar-refractivity contribution is 7.15. The molecular weight excluding hydrogens is 296 g/mol. The number of aryl methyl sites for hydroxylation is 2. The number of thiophene rings is 1. The maximum Gasteiger partial charge on any atom is 0.236 e. The van der Waals surface area contributed by atoms with Crippen LogP contribution >= 0.6 is 11.3 Å². The molecule has 4 nitrogen and oxygen atoms in total. The molecule has 0 saturated carbocycles. The second-order valence-corrected chi connectivity index (χ2v) is 7.18. The number of likely N-dealkylation sites (N-methyl/N-ethyl adjacent to an activating group) is 1. The van der Waals surface area contributed by atoms with Crippen LogP contribution < -0.4 is 0 Å². The third-order valence-corrected chi connectivity index (χ3v) is 5.14. The molecule has 0 bridgehead atoms. The van der Waals surface area contributed by atoms with Crippen LogP contribution in [0.15, 0.2) is 16.5 Å². The van der Waals surface area contributed by atoms with E-state index in [9.17, 15) is 0 Å². The number of hydrogen-bond acceptors (Lipinski definition) is 5. The molecule has 1 saturated heterocycles. The van der Waals surface area contributed by atoms with Crippen molar-refractivity contribution in [2.24, 2.45) is 0 Å². The van der Waals surface area contributed by atoms with Crippen LogP contribution in [0.5, 0.6) is 0 Å². The second kappa shape index (κ2) is 6.94. The Morgan fingerprint density at radius 1 is 1.36 bits per heavy atom. The van der Waals surface area contributed by atoms with Crippen LogP contribution in [-0.2, 0) is 11.3 Å². The lowest BCUT2D eigenvalue weighted by Crippen LogP contribution is -2.31. The Kier molecular flexibility index (Phi) is 4.96. The SMILES string of the molecule is CCN(Cc1nc(-c2ccc(C)s2)oc1C)C[C@H]1CCCO1. The lowest BCUT2D eigenvalue weighted by molar-refractivity contribution is 0.0720. The number of rotatable bonds is 6. The first kappa shape index (κ1) is 15.7. The first-order valence-electron chi connectivity index (χ1n) is 8.02. The van der Waals surface area contributed by atoms with Gasteiger partial charge in [-0.2, -0.15) is 0 Å². The average Bonchev–Trinajstić information content (AvgIpc) is 3.21. The van der Waals surface area contributed by atoms with Crippen LogP contribution in [0.1, 0.15) is 36.1 Å². The number of oxazole rings is 1. The summed E-state index contributed by atoms with van der Waals surface area (Å²) in [6.07, 6.45) is 2.74. The third kappa shape index (κ3) is 3.59. The summed E-state index contributed by atoms with van der Waals surface area (Å²) < 4.78 is 11.6. The Morgan fingerprint density at radius 2 is 2.23 bits per heavy atom. The van der Waals surface area contributed by atoms with Crippen molar-refractivity contribution in [2.75, 3.05) is 19.7 Å². The van der Waals surface area contributed by atoms with Gasteiger partial charge < -0.3 is 9.15 Å². The van der Waals surface area contributed by atoms with Gasteiger partial charge in [0.25, 0.3) is 0 Å². The average molecular weight is 320 g/mol. The predicted molar refractivity (Wildman–Crippen MR) is 89.2 cm³/mol. The van der Waals surface area contributed by atoms with Gasteiger partial charge in [-0.1, -0.05) is 6.92 Å². The molecule has 22 heavy (non-hydrogen) atoms. The van der Waals surface area contributed by atoms with E-state index in [1.807, 2.05) is 6.92 Å². The second-order valence-electron chi connectivity index (χ2n) is 5.89. The number of ether oxygens (including phenoxy) is 1. The van der Waals surface area contributed by atoms with Gasteiger partial charge in [-0.25, -0.2) is 4.98 Å². The van der Waals surface area contributed by atoms with Crippen molar-refractivity contribution in [1.82, 2.24) is 9.88 Å². The van der Waals surface area contributed by atoms with E-state index in [1.54, 1.807) is 11.3 Å². The van der Waals surface area contributed by atoms with Crippen LogP contribution in [0, 0.1) is 13.8 Å². The van der Waals surface area contributed by atoms with Crippen LogP contribution in [0.2, 0.25) is 0 Å². The normalized spacial score (nSPS) is 18.5. The van der Waals surface area contributed by atoms with Gasteiger partial charge >= 0.3 is 0 Å². The summed E-state index contributed by atoms with van der Waals surface area (Å²) in [7, 11) is 0. The van der Waals surface area contributed by atoms with Crippen molar-refractivity contribution in [3.8, 4) is 10.8 Å². The van der Waals surface area contributed by atoms with Crippen LogP contribution in [0.3, 0.4) is 0 Å². The maximum absolute atomic E-state index is 5.87. The fourth-order valence-corrected chi connectivity index (χ4v) is 3.62. The molecular formula is C17H24N2O2S. The van der Waals surface area contributed by atoms with Crippen molar-refractivity contribution in [2.45, 2.75) is 46.3 Å². The van der Waals surface area contributed by atoms with Crippen molar-refractivity contribution < 1.29 is 9.15 Å². The molecule has 1 aliphatic rings. The van der Waals surface area contributed by atoms with E-state index in [0.29, 0.717) is 6.10 Å². The molecule has 5 heteroatoms. The Balaban J connectivity index is 1.69. The standard InChI is InChI=1S/C17H24N2O2S/c1-4-19(10-14-6-5-9-20-14)11-15-13(3)21-17(18-15)16-8-7-12(2)22-16/h7-8,14H,4-6,9-11H2,1-3H3/t14-/m1/s1. The van der Waals surface area contributed by atoms with Gasteiger partial charge in [0.1, 0.15) is 5.76 Å². The zero-order chi connectivity index (χ0) is 15.5. The molecule has 0 aromatic carbocycles. The van der Waals surface area contributed by atoms with Crippen molar-refractivity contribution in [3.63, 3.8) is 0 Å². The van der Waals surface area contributed by atoms with E-state index >= 15 is 0 Å². The number of aromatic nitrogens is 1. The highest BCUT2D eigenvalue weighted by atomic mass is 32.1. The molecule has 0 N–H and O–H groups in total. The van der Waals surface area contributed by atoms with Crippen LogP contribution in [0.4, 0.5) is 0 Å². The van der Waals surface area contributed by atoms with Gasteiger partial charge in [-0.05, 0) is 45.4 Å². The summed E-state index contributed by atoms with van der Waals surface area (Å²) in [4.78, 5) is 9.49. The maximum atomic E-state index is 5.87. The predicted octanol–water partition coefficient (Wildman–Crippen LogP) is 4.02. The van der Waals surface area contributed by atoms with Gasteiger partial charge in [-0.3, -0.25) is 4.90 Å². The minimum Gasteiger partial charge on any atom is -0.440 e. The van der Waals surface area contributed by atoms with Crippen molar-refractivity contribution in [3.05, 3.63) is 28.5 Å². The summed E-state index contributed by atoms with van der Waals surface area (Å²) in [6.45, 7) is 10.0. The Labute approximate surface area is 136 Å². The Bertz CT molecular complexity index is 614. The zero-order valence-electron chi connectivity index (χ0n) is 13.6. The molecule has 1 atom stereocenters. The highest BCUT2D eigenvalue weighted by Crippen LogP contribution is 2.29. The molecule has 0 aliphatic carbocycles. The van der Waals surface area contributed by atoms with E-state index in [-0.39, 0.29) is 0 Å². The lowest BCUT2D eigenvalue weighted by Gasteiger charge is -2.22. The molecule has 1 fully saturated rings. The summed E-state index contributed by atoms with van der Waals surface area (Å²) in [5.41, 5.74) is 1.04. The Morgan fingerprint density at radius 3 is 2.86 bits per heavy atom. The van der Waals surface area contributed by atoms with E-state index in [0.717, 1.165) is 48.5 Å². The molecule has 0 unspecified atom stereocenters. The molecule has 120 valence electrons. The summed E-state index contributed by atoms with van der Waals surface area (Å²) >= 11 is 1.72. The minimum absolute atomic E-state index is 0.381. The van der Waals surface area contributed by atoms with Crippen LogP contribution in [-0.4, -0.2) is 35.7 Å². The molecule has 0 spiro atoms. The first-order valence-corrected chi connectivity index (χ1v) is 8.84. The van der Waals surface area contributed by atoms with Crippen molar-refractivity contribution in [1.29, 1.82) is 0 Å². The van der Waals surface area contributed by atoms with Gasteiger partial charge in [0.15, 0.2) is 0 Å². The molecule has 1 aliphatic heterocycles. The van der Waals surface area contributed by atoms with E-state index in [2.05, 4.69) is 30.9 Å². The van der Waals surface area contributed by atoms with Gasteiger partial charge in [0.2, 0.25) is 5.89 Å². The minimum atomic E-state index is 0.381. The summed E-state index contributed by atoms with van der Waals surface area (Å²) in [5, 5.41) is 0. The van der Waals surface area contributed by atoms with E-state index < -0.39 is 0 Å².